The molecule has 6 heteroatoms. The van der Waals surface area contributed by atoms with Gasteiger partial charge in [0.1, 0.15) is 5.56 Å². The van der Waals surface area contributed by atoms with Crippen LogP contribution in [0.5, 0.6) is 0 Å². The van der Waals surface area contributed by atoms with E-state index in [1.165, 1.54) is 19.2 Å². The molecule has 0 heterocycles. The number of aryl methyl sites for hydroxylation is 1. The molecule has 0 bridgehead atoms. The molecule has 0 aliphatic rings. The van der Waals surface area contributed by atoms with E-state index >= 15 is 0 Å². The number of methoxy groups -OCH3 is 1. The van der Waals surface area contributed by atoms with Gasteiger partial charge in [-0.3, -0.25) is 10.1 Å². The summed E-state index contributed by atoms with van der Waals surface area (Å²) in [4.78, 5) is 21.3. The summed E-state index contributed by atoms with van der Waals surface area (Å²) in [5.41, 5.74) is 0.386. The van der Waals surface area contributed by atoms with Gasteiger partial charge in [0.15, 0.2) is 0 Å². The Hall–Kier alpha value is -1.43. The zero-order valence-electron chi connectivity index (χ0n) is 8.11. The van der Waals surface area contributed by atoms with E-state index < -0.39 is 10.9 Å². The predicted octanol–water partition coefficient (Wildman–Crippen LogP) is 2.45. The summed E-state index contributed by atoms with van der Waals surface area (Å²) in [6.45, 7) is 1.71. The molecule has 15 heavy (non-hydrogen) atoms. The molecule has 0 amide bonds. The second-order valence-electron chi connectivity index (χ2n) is 2.87. The number of hydrogen-bond acceptors (Lipinski definition) is 4. The number of nitro benzene ring substituents is 1. The van der Waals surface area contributed by atoms with E-state index in [1.54, 1.807) is 6.92 Å². The maximum absolute atomic E-state index is 11.3. The zero-order valence-corrected chi connectivity index (χ0v) is 9.70. The highest BCUT2D eigenvalue weighted by atomic mass is 79.9. The van der Waals surface area contributed by atoms with E-state index in [-0.39, 0.29) is 11.3 Å². The highest BCUT2D eigenvalue weighted by Gasteiger charge is 2.22. The van der Waals surface area contributed by atoms with Crippen molar-refractivity contribution >= 4 is 27.6 Å². The van der Waals surface area contributed by atoms with Crippen molar-refractivity contribution in [3.05, 3.63) is 37.8 Å². The Bertz CT molecular complexity index is 430. The van der Waals surface area contributed by atoms with Crippen LogP contribution >= 0.6 is 15.9 Å². The Kier molecular flexibility index (Phi) is 3.41. The fourth-order valence-electron chi connectivity index (χ4n) is 1.09. The van der Waals surface area contributed by atoms with E-state index in [2.05, 4.69) is 20.7 Å². The average Bonchev–Trinajstić information content (AvgIpc) is 2.20. The van der Waals surface area contributed by atoms with Crippen molar-refractivity contribution in [3.63, 3.8) is 0 Å². The van der Waals surface area contributed by atoms with Crippen LogP contribution < -0.4 is 0 Å². The molecule has 0 N–H and O–H groups in total. The largest absolute Gasteiger partial charge is 0.465 e. The molecular formula is C9H8BrNO4. The smallest absolute Gasteiger partial charge is 0.344 e. The summed E-state index contributed by atoms with van der Waals surface area (Å²) >= 11 is 3.20. The summed E-state index contributed by atoms with van der Waals surface area (Å²) in [7, 11) is 1.18. The van der Waals surface area contributed by atoms with Gasteiger partial charge in [0, 0.05) is 10.5 Å². The molecule has 80 valence electrons. The lowest BCUT2D eigenvalue weighted by Crippen LogP contribution is -2.06. The van der Waals surface area contributed by atoms with Crippen molar-refractivity contribution in [2.24, 2.45) is 0 Å². The molecule has 0 fully saturated rings. The first-order chi connectivity index (χ1) is 6.97. The van der Waals surface area contributed by atoms with Crippen LogP contribution in [0.1, 0.15) is 15.9 Å². The fraction of sp³-hybridized carbons (Fsp3) is 0.222. The molecule has 0 aliphatic carbocycles. The van der Waals surface area contributed by atoms with Gasteiger partial charge in [-0.2, -0.15) is 0 Å². The van der Waals surface area contributed by atoms with E-state index in [1.807, 2.05) is 0 Å². The Balaban J connectivity index is 3.41. The Labute approximate surface area is 94.3 Å². The third kappa shape index (κ3) is 2.33. The average molecular weight is 274 g/mol. The number of halogens is 1. The highest BCUT2D eigenvalue weighted by molar-refractivity contribution is 9.10. The van der Waals surface area contributed by atoms with Crippen LogP contribution in [0.4, 0.5) is 5.69 Å². The van der Waals surface area contributed by atoms with Crippen molar-refractivity contribution in [3.8, 4) is 0 Å². The standard InChI is InChI=1S/C9H8BrNO4/c1-5-3-8(11(13)14)6(4-7(5)10)9(12)15-2/h3-4H,1-2H3. The van der Waals surface area contributed by atoms with Gasteiger partial charge < -0.3 is 4.74 Å². The van der Waals surface area contributed by atoms with Crippen molar-refractivity contribution in [1.29, 1.82) is 0 Å². The van der Waals surface area contributed by atoms with Crippen LogP contribution in [0.3, 0.4) is 0 Å². The van der Waals surface area contributed by atoms with E-state index in [0.717, 1.165) is 0 Å². The van der Waals surface area contributed by atoms with Crippen molar-refractivity contribution in [2.45, 2.75) is 6.92 Å². The van der Waals surface area contributed by atoms with Gasteiger partial charge in [-0.15, -0.1) is 0 Å². The number of esters is 1. The van der Waals surface area contributed by atoms with Crippen molar-refractivity contribution in [2.75, 3.05) is 7.11 Å². The van der Waals surface area contributed by atoms with Crippen LogP contribution in [-0.4, -0.2) is 18.0 Å². The van der Waals surface area contributed by atoms with Gasteiger partial charge in [-0.25, -0.2) is 4.79 Å². The number of carbonyl (C=O) groups is 1. The predicted molar refractivity (Wildman–Crippen MR) is 56.9 cm³/mol. The van der Waals surface area contributed by atoms with Crippen molar-refractivity contribution in [1.82, 2.24) is 0 Å². The zero-order chi connectivity index (χ0) is 11.6. The lowest BCUT2D eigenvalue weighted by Gasteiger charge is -2.03. The van der Waals surface area contributed by atoms with Gasteiger partial charge >= 0.3 is 5.97 Å². The second-order valence-corrected chi connectivity index (χ2v) is 3.72. The number of nitrogens with zero attached hydrogens (tertiary/aromatic N) is 1. The second kappa shape index (κ2) is 4.39. The molecule has 0 aliphatic heterocycles. The Morgan fingerprint density at radius 3 is 2.60 bits per heavy atom. The van der Waals surface area contributed by atoms with Gasteiger partial charge in [0.2, 0.25) is 0 Å². The lowest BCUT2D eigenvalue weighted by atomic mass is 10.1. The lowest BCUT2D eigenvalue weighted by molar-refractivity contribution is -0.385. The van der Waals surface area contributed by atoms with Crippen LogP contribution in [-0.2, 0) is 4.74 Å². The highest BCUT2D eigenvalue weighted by Crippen LogP contribution is 2.27. The Morgan fingerprint density at radius 2 is 2.13 bits per heavy atom. The quantitative estimate of drug-likeness (QED) is 0.472. The maximum atomic E-state index is 11.3. The van der Waals surface area contributed by atoms with Crippen LogP contribution in [0.15, 0.2) is 16.6 Å². The third-order valence-corrected chi connectivity index (χ3v) is 2.73. The monoisotopic (exact) mass is 273 g/mol. The first-order valence-corrected chi connectivity index (χ1v) is 4.79. The van der Waals surface area contributed by atoms with Crippen LogP contribution in [0, 0.1) is 17.0 Å². The summed E-state index contributed by atoms with van der Waals surface area (Å²) in [5.74, 6) is -0.720. The number of ether oxygens (including phenoxy) is 1. The van der Waals surface area contributed by atoms with Crippen LogP contribution in [0.2, 0.25) is 0 Å². The molecule has 0 atom stereocenters. The number of hydrogen-bond donors (Lipinski definition) is 0. The molecular weight excluding hydrogens is 266 g/mol. The maximum Gasteiger partial charge on any atom is 0.344 e. The Morgan fingerprint density at radius 1 is 1.53 bits per heavy atom. The summed E-state index contributed by atoms with van der Waals surface area (Å²) in [6, 6.07) is 2.72. The minimum atomic E-state index is -0.720. The van der Waals surface area contributed by atoms with Gasteiger partial charge in [0.05, 0.1) is 12.0 Å². The van der Waals surface area contributed by atoms with Crippen molar-refractivity contribution < 1.29 is 14.5 Å². The molecule has 5 nitrogen and oxygen atoms in total. The van der Waals surface area contributed by atoms with E-state index in [0.29, 0.717) is 10.0 Å². The molecule has 0 saturated heterocycles. The SMILES string of the molecule is COC(=O)c1cc(Br)c(C)cc1[N+](=O)[O-]. The fourth-order valence-corrected chi connectivity index (χ4v) is 1.43. The normalized spacial score (nSPS) is 9.80. The molecule has 0 aromatic heterocycles. The molecule has 0 unspecified atom stereocenters. The minimum Gasteiger partial charge on any atom is -0.465 e. The summed E-state index contributed by atoms with van der Waals surface area (Å²) in [5, 5.41) is 10.7. The molecule has 0 saturated carbocycles. The minimum absolute atomic E-state index is 0.0556. The topological polar surface area (TPSA) is 69.4 Å². The summed E-state index contributed by atoms with van der Waals surface area (Å²) in [6.07, 6.45) is 0. The van der Waals surface area contributed by atoms with Gasteiger partial charge in [0.25, 0.3) is 5.69 Å². The van der Waals surface area contributed by atoms with E-state index in [4.69, 9.17) is 0 Å². The third-order valence-electron chi connectivity index (χ3n) is 1.88. The number of nitro groups is 1. The molecule has 0 radical (unpaired) electrons. The molecule has 1 aromatic rings. The molecule has 1 aromatic carbocycles. The molecule has 0 spiro atoms. The van der Waals surface area contributed by atoms with Crippen LogP contribution in [0.25, 0.3) is 0 Å². The number of carbonyl (C=O) groups excluding carboxylic acids is 1. The van der Waals surface area contributed by atoms with E-state index in [9.17, 15) is 14.9 Å². The van der Waals surface area contributed by atoms with Gasteiger partial charge in [-0.1, -0.05) is 15.9 Å². The summed E-state index contributed by atoms with van der Waals surface area (Å²) < 4.78 is 5.09. The first kappa shape index (κ1) is 11.6. The number of benzene rings is 1. The molecule has 1 rings (SSSR count). The first-order valence-electron chi connectivity index (χ1n) is 4.00. The number of rotatable bonds is 2. The van der Waals surface area contributed by atoms with Gasteiger partial charge in [-0.05, 0) is 18.6 Å².